The second-order valence-electron chi connectivity index (χ2n) is 4.74. The molecule has 2 rings (SSSR count). The Hall–Kier alpha value is -1.88. The zero-order valence-electron chi connectivity index (χ0n) is 11.7. The third-order valence-corrected chi connectivity index (χ3v) is 3.44. The molecule has 0 aliphatic carbocycles. The van der Waals surface area contributed by atoms with Gasteiger partial charge in [-0.05, 0) is 71.2 Å². The average molecular weight is 352 g/mol. The van der Waals surface area contributed by atoms with Gasteiger partial charge in [0.05, 0.1) is 4.47 Å². The van der Waals surface area contributed by atoms with E-state index in [1.54, 1.807) is 0 Å². The van der Waals surface area contributed by atoms with Gasteiger partial charge in [-0.1, -0.05) is 6.07 Å². The quantitative estimate of drug-likeness (QED) is 0.895. The number of rotatable bonds is 4. The number of hydrogen-bond donors (Lipinski definition) is 1. The number of amides is 1. The molecule has 1 N–H and O–H groups in total. The van der Waals surface area contributed by atoms with Gasteiger partial charge >= 0.3 is 0 Å². The zero-order chi connectivity index (χ0) is 15.4. The Kier molecular flexibility index (Phi) is 4.96. The first-order valence-electron chi connectivity index (χ1n) is 6.40. The predicted octanol–water partition coefficient (Wildman–Crippen LogP) is 4.22. The lowest BCUT2D eigenvalue weighted by Gasteiger charge is -2.12. The van der Waals surface area contributed by atoms with Crippen molar-refractivity contribution in [2.45, 2.75) is 13.8 Å². The molecule has 0 unspecified atom stereocenters. The Morgan fingerprint density at radius 2 is 1.90 bits per heavy atom. The minimum Gasteiger partial charge on any atom is -0.482 e. The molecular formula is C16H15BrFNO2. The number of anilines is 1. The van der Waals surface area contributed by atoms with Crippen molar-refractivity contribution in [3.8, 4) is 5.75 Å². The molecule has 0 aromatic heterocycles. The second-order valence-corrected chi connectivity index (χ2v) is 5.59. The molecule has 0 bridgehead atoms. The van der Waals surface area contributed by atoms with Crippen LogP contribution in [0, 0.1) is 19.7 Å². The van der Waals surface area contributed by atoms with E-state index in [4.69, 9.17) is 4.74 Å². The van der Waals surface area contributed by atoms with Crippen LogP contribution >= 0.6 is 15.9 Å². The normalized spacial score (nSPS) is 10.3. The predicted molar refractivity (Wildman–Crippen MR) is 84.1 cm³/mol. The van der Waals surface area contributed by atoms with Crippen LogP contribution in [-0.2, 0) is 4.79 Å². The monoisotopic (exact) mass is 351 g/mol. The van der Waals surface area contributed by atoms with E-state index in [9.17, 15) is 9.18 Å². The average Bonchev–Trinajstić information content (AvgIpc) is 2.40. The maximum atomic E-state index is 12.8. The van der Waals surface area contributed by atoms with E-state index in [0.29, 0.717) is 11.4 Å². The lowest BCUT2D eigenvalue weighted by Crippen LogP contribution is -2.20. The van der Waals surface area contributed by atoms with Crippen LogP contribution in [0.1, 0.15) is 11.1 Å². The Balaban J connectivity index is 1.97. The van der Waals surface area contributed by atoms with Crippen LogP contribution in [0.25, 0.3) is 0 Å². The number of halogens is 2. The molecule has 0 atom stereocenters. The summed E-state index contributed by atoms with van der Waals surface area (Å²) in [6, 6.07) is 9.49. The van der Waals surface area contributed by atoms with Gasteiger partial charge in [-0.15, -0.1) is 0 Å². The SMILES string of the molecule is Cc1cc(C)c(OCC(=O)Nc2ccc(F)cc2)c(Br)c1. The van der Waals surface area contributed by atoms with Gasteiger partial charge in [-0.25, -0.2) is 4.39 Å². The maximum absolute atomic E-state index is 12.8. The van der Waals surface area contributed by atoms with Crippen LogP contribution in [0.5, 0.6) is 5.75 Å². The van der Waals surface area contributed by atoms with Gasteiger partial charge in [0.1, 0.15) is 11.6 Å². The van der Waals surface area contributed by atoms with E-state index in [1.807, 2.05) is 26.0 Å². The molecule has 5 heteroatoms. The first kappa shape index (κ1) is 15.5. The summed E-state index contributed by atoms with van der Waals surface area (Å²) in [5.74, 6) is 0.00630. The minimum atomic E-state index is -0.344. The smallest absolute Gasteiger partial charge is 0.262 e. The lowest BCUT2D eigenvalue weighted by atomic mass is 10.1. The first-order valence-corrected chi connectivity index (χ1v) is 7.20. The van der Waals surface area contributed by atoms with Crippen LogP contribution in [-0.4, -0.2) is 12.5 Å². The molecule has 110 valence electrons. The van der Waals surface area contributed by atoms with E-state index in [1.165, 1.54) is 24.3 Å². The van der Waals surface area contributed by atoms with Crippen molar-refractivity contribution in [2.75, 3.05) is 11.9 Å². The highest BCUT2D eigenvalue weighted by atomic mass is 79.9. The fourth-order valence-corrected chi connectivity index (χ4v) is 2.74. The highest BCUT2D eigenvalue weighted by molar-refractivity contribution is 9.10. The summed E-state index contributed by atoms with van der Waals surface area (Å²) < 4.78 is 19.1. The molecule has 0 spiro atoms. The van der Waals surface area contributed by atoms with Gasteiger partial charge in [0.15, 0.2) is 6.61 Å². The summed E-state index contributed by atoms with van der Waals surface area (Å²) in [4.78, 5) is 11.8. The molecule has 3 nitrogen and oxygen atoms in total. The summed E-state index contributed by atoms with van der Waals surface area (Å²) in [5.41, 5.74) is 2.60. The summed E-state index contributed by atoms with van der Waals surface area (Å²) in [5, 5.41) is 2.64. The van der Waals surface area contributed by atoms with Crippen molar-refractivity contribution in [3.63, 3.8) is 0 Å². The fraction of sp³-hybridized carbons (Fsp3) is 0.188. The molecule has 0 radical (unpaired) electrons. The Bertz CT molecular complexity index is 633. The van der Waals surface area contributed by atoms with Gasteiger partial charge in [-0.2, -0.15) is 0 Å². The zero-order valence-corrected chi connectivity index (χ0v) is 13.3. The standard InChI is InChI=1S/C16H15BrFNO2/c1-10-7-11(2)16(14(17)8-10)21-9-15(20)19-13-5-3-12(18)4-6-13/h3-8H,9H2,1-2H3,(H,19,20). The minimum absolute atomic E-state index is 0.111. The van der Waals surface area contributed by atoms with Crippen molar-refractivity contribution in [1.82, 2.24) is 0 Å². The molecule has 2 aromatic rings. The lowest BCUT2D eigenvalue weighted by molar-refractivity contribution is -0.118. The molecule has 21 heavy (non-hydrogen) atoms. The first-order chi connectivity index (χ1) is 9.95. The van der Waals surface area contributed by atoms with E-state index in [-0.39, 0.29) is 18.3 Å². The molecule has 1 amide bonds. The number of carbonyl (C=O) groups is 1. The number of carbonyl (C=O) groups excluding carboxylic acids is 1. The molecule has 0 aliphatic rings. The number of hydrogen-bond acceptors (Lipinski definition) is 2. The Morgan fingerprint density at radius 3 is 2.52 bits per heavy atom. The summed E-state index contributed by atoms with van der Waals surface area (Å²) >= 11 is 3.42. The highest BCUT2D eigenvalue weighted by Gasteiger charge is 2.09. The van der Waals surface area contributed by atoms with Crippen LogP contribution < -0.4 is 10.1 Å². The Labute approximate surface area is 131 Å². The fourth-order valence-electron chi connectivity index (χ4n) is 1.95. The van der Waals surface area contributed by atoms with Crippen LogP contribution in [0.4, 0.5) is 10.1 Å². The molecule has 0 aliphatic heterocycles. The van der Waals surface area contributed by atoms with Gasteiger partial charge < -0.3 is 10.1 Å². The summed E-state index contributed by atoms with van der Waals surface area (Å²) in [6.07, 6.45) is 0. The van der Waals surface area contributed by atoms with Crippen LogP contribution in [0.15, 0.2) is 40.9 Å². The van der Waals surface area contributed by atoms with Crippen molar-refractivity contribution < 1.29 is 13.9 Å². The number of aryl methyl sites for hydroxylation is 2. The molecule has 0 fully saturated rings. The molecule has 0 heterocycles. The molecule has 2 aromatic carbocycles. The van der Waals surface area contributed by atoms with E-state index < -0.39 is 0 Å². The highest BCUT2D eigenvalue weighted by Crippen LogP contribution is 2.30. The van der Waals surface area contributed by atoms with Crippen LogP contribution in [0.3, 0.4) is 0 Å². The number of nitrogens with one attached hydrogen (secondary N) is 1. The van der Waals surface area contributed by atoms with E-state index in [0.717, 1.165) is 15.6 Å². The van der Waals surface area contributed by atoms with Crippen molar-refractivity contribution in [1.29, 1.82) is 0 Å². The van der Waals surface area contributed by atoms with E-state index in [2.05, 4.69) is 21.2 Å². The van der Waals surface area contributed by atoms with Crippen molar-refractivity contribution in [2.24, 2.45) is 0 Å². The third-order valence-electron chi connectivity index (χ3n) is 2.85. The third kappa shape index (κ3) is 4.29. The number of benzene rings is 2. The van der Waals surface area contributed by atoms with Gasteiger partial charge in [0.25, 0.3) is 5.91 Å². The second kappa shape index (κ2) is 6.72. The topological polar surface area (TPSA) is 38.3 Å². The molecule has 0 saturated carbocycles. The summed E-state index contributed by atoms with van der Waals surface area (Å²) in [6.45, 7) is 3.80. The van der Waals surface area contributed by atoms with Gasteiger partial charge in [0.2, 0.25) is 0 Å². The maximum Gasteiger partial charge on any atom is 0.262 e. The summed E-state index contributed by atoms with van der Waals surface area (Å²) in [7, 11) is 0. The van der Waals surface area contributed by atoms with Crippen molar-refractivity contribution >= 4 is 27.5 Å². The van der Waals surface area contributed by atoms with Gasteiger partial charge in [-0.3, -0.25) is 4.79 Å². The van der Waals surface area contributed by atoms with Crippen LogP contribution in [0.2, 0.25) is 0 Å². The molecule has 0 saturated heterocycles. The number of ether oxygens (including phenoxy) is 1. The largest absolute Gasteiger partial charge is 0.482 e. The molecular weight excluding hydrogens is 337 g/mol. The van der Waals surface area contributed by atoms with Crippen molar-refractivity contribution in [3.05, 3.63) is 57.8 Å². The van der Waals surface area contributed by atoms with E-state index >= 15 is 0 Å². The Morgan fingerprint density at radius 1 is 1.24 bits per heavy atom. The van der Waals surface area contributed by atoms with Gasteiger partial charge in [0, 0.05) is 5.69 Å².